The van der Waals surface area contributed by atoms with Gasteiger partial charge in [-0.1, -0.05) is 49.7 Å². The van der Waals surface area contributed by atoms with Crippen LogP contribution in [0.3, 0.4) is 0 Å². The van der Waals surface area contributed by atoms with Crippen molar-refractivity contribution in [1.82, 2.24) is 0 Å². The minimum atomic E-state index is -3.65. The lowest BCUT2D eigenvalue weighted by Gasteiger charge is -2.11. The van der Waals surface area contributed by atoms with E-state index in [1.165, 1.54) is 0 Å². The number of sulfonamides is 1. The molecule has 5 heteroatoms. The normalized spacial score (nSPS) is 11.4. The Morgan fingerprint density at radius 1 is 0.920 bits per heavy atom. The summed E-state index contributed by atoms with van der Waals surface area (Å²) >= 11 is 0. The number of anilines is 1. The molecular weight excluding hydrogens is 334 g/mol. The zero-order valence-corrected chi connectivity index (χ0v) is 14.9. The molecule has 130 valence electrons. The van der Waals surface area contributed by atoms with Crippen molar-refractivity contribution in [3.8, 4) is 5.75 Å². The molecule has 0 bridgehead atoms. The number of nitrogens with one attached hydrogen (secondary N) is 1. The van der Waals surface area contributed by atoms with Gasteiger partial charge in [0.2, 0.25) is 0 Å². The number of benzene rings is 3. The Morgan fingerprint density at radius 3 is 2.40 bits per heavy atom. The molecule has 0 heterocycles. The molecule has 4 nitrogen and oxygen atoms in total. The highest BCUT2D eigenvalue weighted by molar-refractivity contribution is 7.92. The first kappa shape index (κ1) is 17.3. The first-order valence-electron chi connectivity index (χ1n) is 8.33. The second-order valence-electron chi connectivity index (χ2n) is 5.81. The lowest BCUT2D eigenvalue weighted by Crippen LogP contribution is -2.13. The average Bonchev–Trinajstić information content (AvgIpc) is 2.62. The fraction of sp³-hybridized carbons (Fsp3) is 0.200. The number of unbranched alkanes of at least 4 members (excludes halogenated alkanes) is 1. The van der Waals surface area contributed by atoms with Crippen LogP contribution in [0.5, 0.6) is 5.75 Å². The van der Waals surface area contributed by atoms with Crippen molar-refractivity contribution in [2.75, 3.05) is 11.3 Å². The molecule has 1 N–H and O–H groups in total. The maximum absolute atomic E-state index is 12.7. The standard InChI is InChI=1S/C20H21NO3S/c1-2-3-15-24-17-11-13-18(14-12-17)25(22,23)21-20-10-6-8-16-7-4-5-9-19(16)20/h4-14,21H,2-3,15H2,1H3. The average molecular weight is 355 g/mol. The lowest BCUT2D eigenvalue weighted by atomic mass is 10.1. The van der Waals surface area contributed by atoms with Gasteiger partial charge in [-0.05, 0) is 42.1 Å². The van der Waals surface area contributed by atoms with E-state index in [2.05, 4.69) is 11.6 Å². The maximum Gasteiger partial charge on any atom is 0.261 e. The highest BCUT2D eigenvalue weighted by Crippen LogP contribution is 2.26. The number of ether oxygens (including phenoxy) is 1. The molecule has 0 atom stereocenters. The molecule has 0 aliphatic rings. The molecule has 0 radical (unpaired) electrons. The van der Waals surface area contributed by atoms with Crippen LogP contribution in [0.15, 0.2) is 71.6 Å². The molecule has 0 aliphatic heterocycles. The predicted molar refractivity (Wildman–Crippen MR) is 102 cm³/mol. The molecule has 0 fully saturated rings. The van der Waals surface area contributed by atoms with Crippen molar-refractivity contribution < 1.29 is 13.2 Å². The van der Waals surface area contributed by atoms with Gasteiger partial charge in [-0.3, -0.25) is 4.72 Å². The summed E-state index contributed by atoms with van der Waals surface area (Å²) in [4.78, 5) is 0.211. The van der Waals surface area contributed by atoms with Gasteiger partial charge < -0.3 is 4.74 Å². The quantitative estimate of drug-likeness (QED) is 0.618. The van der Waals surface area contributed by atoms with Gasteiger partial charge in [0.25, 0.3) is 10.0 Å². The molecule has 0 saturated heterocycles. The zero-order valence-electron chi connectivity index (χ0n) is 14.1. The molecule has 3 rings (SSSR count). The Balaban J connectivity index is 1.81. The summed E-state index contributed by atoms with van der Waals surface area (Å²) < 4.78 is 33.6. The Morgan fingerprint density at radius 2 is 1.64 bits per heavy atom. The van der Waals surface area contributed by atoms with Gasteiger partial charge in [0.1, 0.15) is 5.75 Å². The minimum absolute atomic E-state index is 0.211. The van der Waals surface area contributed by atoms with Gasteiger partial charge in [-0.15, -0.1) is 0 Å². The zero-order chi connectivity index (χ0) is 17.7. The molecule has 0 aromatic heterocycles. The molecule has 0 spiro atoms. The number of hydrogen-bond donors (Lipinski definition) is 1. The van der Waals surface area contributed by atoms with E-state index < -0.39 is 10.0 Å². The third-order valence-electron chi connectivity index (χ3n) is 3.93. The molecule has 25 heavy (non-hydrogen) atoms. The second kappa shape index (κ2) is 7.57. The summed E-state index contributed by atoms with van der Waals surface area (Å²) in [6.45, 7) is 2.73. The van der Waals surface area contributed by atoms with Crippen LogP contribution in [0.2, 0.25) is 0 Å². The monoisotopic (exact) mass is 355 g/mol. The van der Waals surface area contributed by atoms with Crippen LogP contribution in [0, 0.1) is 0 Å². The summed E-state index contributed by atoms with van der Waals surface area (Å²) in [5.74, 6) is 0.678. The minimum Gasteiger partial charge on any atom is -0.494 e. The fourth-order valence-electron chi connectivity index (χ4n) is 2.57. The van der Waals surface area contributed by atoms with E-state index in [1.54, 1.807) is 30.3 Å². The van der Waals surface area contributed by atoms with Crippen LogP contribution in [0.4, 0.5) is 5.69 Å². The topological polar surface area (TPSA) is 55.4 Å². The first-order valence-corrected chi connectivity index (χ1v) is 9.82. The third kappa shape index (κ3) is 4.12. The first-order chi connectivity index (χ1) is 12.1. The summed E-state index contributed by atoms with van der Waals surface area (Å²) in [7, 11) is -3.65. The van der Waals surface area contributed by atoms with E-state index >= 15 is 0 Å². The largest absolute Gasteiger partial charge is 0.494 e. The van der Waals surface area contributed by atoms with E-state index in [0.717, 1.165) is 23.6 Å². The van der Waals surface area contributed by atoms with Gasteiger partial charge in [0, 0.05) is 5.39 Å². The summed E-state index contributed by atoms with van der Waals surface area (Å²) in [5, 5.41) is 1.86. The number of rotatable bonds is 7. The SMILES string of the molecule is CCCCOc1ccc(S(=O)(=O)Nc2cccc3ccccc23)cc1. The van der Waals surface area contributed by atoms with Crippen molar-refractivity contribution in [1.29, 1.82) is 0 Å². The molecule has 3 aromatic rings. The Kier molecular flexibility index (Phi) is 5.24. The van der Waals surface area contributed by atoms with Gasteiger partial charge in [-0.2, -0.15) is 0 Å². The van der Waals surface area contributed by atoms with Crippen LogP contribution in [0.1, 0.15) is 19.8 Å². The van der Waals surface area contributed by atoms with Crippen LogP contribution in [-0.4, -0.2) is 15.0 Å². The second-order valence-corrected chi connectivity index (χ2v) is 7.49. The number of fused-ring (bicyclic) bond motifs is 1. The molecular formula is C20H21NO3S. The number of hydrogen-bond acceptors (Lipinski definition) is 3. The Labute approximate surface area is 148 Å². The van der Waals surface area contributed by atoms with Crippen LogP contribution in [-0.2, 0) is 10.0 Å². The van der Waals surface area contributed by atoms with Gasteiger partial charge in [0.05, 0.1) is 17.2 Å². The highest BCUT2D eigenvalue weighted by atomic mass is 32.2. The van der Waals surface area contributed by atoms with Gasteiger partial charge in [0.15, 0.2) is 0 Å². The van der Waals surface area contributed by atoms with Crippen molar-refractivity contribution >= 4 is 26.5 Å². The Hall–Kier alpha value is -2.53. The molecule has 3 aromatic carbocycles. The van der Waals surface area contributed by atoms with Crippen molar-refractivity contribution in [3.05, 3.63) is 66.7 Å². The van der Waals surface area contributed by atoms with Crippen molar-refractivity contribution in [2.24, 2.45) is 0 Å². The van der Waals surface area contributed by atoms with Crippen molar-refractivity contribution in [2.45, 2.75) is 24.7 Å². The van der Waals surface area contributed by atoms with Crippen LogP contribution < -0.4 is 9.46 Å². The maximum atomic E-state index is 12.7. The van der Waals surface area contributed by atoms with E-state index in [4.69, 9.17) is 4.74 Å². The lowest BCUT2D eigenvalue weighted by molar-refractivity contribution is 0.309. The van der Waals surface area contributed by atoms with E-state index in [9.17, 15) is 8.42 Å². The summed E-state index contributed by atoms with van der Waals surface area (Å²) in [5.41, 5.74) is 0.571. The summed E-state index contributed by atoms with van der Waals surface area (Å²) in [6, 6.07) is 19.7. The molecule has 0 unspecified atom stereocenters. The van der Waals surface area contributed by atoms with Gasteiger partial charge in [-0.25, -0.2) is 8.42 Å². The third-order valence-corrected chi connectivity index (χ3v) is 5.32. The molecule has 0 amide bonds. The van der Waals surface area contributed by atoms with Crippen molar-refractivity contribution in [3.63, 3.8) is 0 Å². The fourth-order valence-corrected chi connectivity index (χ4v) is 3.65. The Bertz CT molecular complexity index is 945. The van der Waals surface area contributed by atoms with E-state index in [1.807, 2.05) is 36.4 Å². The highest BCUT2D eigenvalue weighted by Gasteiger charge is 2.15. The van der Waals surface area contributed by atoms with E-state index in [0.29, 0.717) is 18.0 Å². The van der Waals surface area contributed by atoms with E-state index in [-0.39, 0.29) is 4.90 Å². The predicted octanol–water partition coefficient (Wildman–Crippen LogP) is 4.82. The molecule has 0 saturated carbocycles. The summed E-state index contributed by atoms with van der Waals surface area (Å²) in [6.07, 6.45) is 2.03. The van der Waals surface area contributed by atoms with Crippen LogP contribution >= 0.6 is 0 Å². The van der Waals surface area contributed by atoms with Crippen LogP contribution in [0.25, 0.3) is 10.8 Å². The smallest absolute Gasteiger partial charge is 0.261 e. The molecule has 0 aliphatic carbocycles. The van der Waals surface area contributed by atoms with Gasteiger partial charge >= 0.3 is 0 Å².